The number of hydrogen-bond donors (Lipinski definition) is 1. The number of nitrogens with zero attached hydrogens (tertiary/aromatic N) is 1. The Hall–Kier alpha value is -2.08. The van der Waals surface area contributed by atoms with Crippen molar-refractivity contribution in [3.05, 3.63) is 65.5 Å². The van der Waals surface area contributed by atoms with Crippen molar-refractivity contribution in [2.75, 3.05) is 18.4 Å². The van der Waals surface area contributed by atoms with Crippen LogP contribution in [0.2, 0.25) is 0 Å². The zero-order valence-corrected chi connectivity index (χ0v) is 17.0. The largest absolute Gasteiger partial charge is 0.416 e. The fourth-order valence-corrected chi connectivity index (χ4v) is 5.04. The van der Waals surface area contributed by atoms with Gasteiger partial charge in [-0.15, -0.1) is 0 Å². The Balaban J connectivity index is 1.37. The molecular formula is C24H28F4N2. The number of anilines is 1. The molecule has 1 saturated heterocycles. The lowest BCUT2D eigenvalue weighted by Gasteiger charge is -2.44. The van der Waals surface area contributed by atoms with Gasteiger partial charge in [-0.05, 0) is 55.4 Å². The van der Waals surface area contributed by atoms with Crippen LogP contribution in [0.1, 0.15) is 55.6 Å². The van der Waals surface area contributed by atoms with E-state index in [-0.39, 0.29) is 11.7 Å². The first-order chi connectivity index (χ1) is 14.4. The van der Waals surface area contributed by atoms with Crippen LogP contribution in [0.25, 0.3) is 0 Å². The van der Waals surface area contributed by atoms with Gasteiger partial charge in [0.05, 0.1) is 11.3 Å². The molecule has 0 bridgehead atoms. The van der Waals surface area contributed by atoms with Gasteiger partial charge in [0.15, 0.2) is 0 Å². The molecule has 1 aliphatic heterocycles. The van der Waals surface area contributed by atoms with Crippen LogP contribution in [0.4, 0.5) is 23.2 Å². The lowest BCUT2D eigenvalue weighted by Crippen LogP contribution is -2.48. The highest BCUT2D eigenvalue weighted by Crippen LogP contribution is 2.37. The summed E-state index contributed by atoms with van der Waals surface area (Å²) in [6.45, 7) is 1.85. The van der Waals surface area contributed by atoms with Gasteiger partial charge in [-0.2, -0.15) is 13.2 Å². The highest BCUT2D eigenvalue weighted by Gasteiger charge is 2.34. The lowest BCUT2D eigenvalue weighted by atomic mass is 9.78. The first-order valence-corrected chi connectivity index (χ1v) is 10.8. The van der Waals surface area contributed by atoms with Crippen LogP contribution in [0.15, 0.2) is 48.5 Å². The Kier molecular flexibility index (Phi) is 6.32. The normalized spacial score (nSPS) is 24.0. The molecule has 0 radical (unpaired) electrons. The summed E-state index contributed by atoms with van der Waals surface area (Å²) in [6.07, 6.45) is 2.12. The van der Waals surface area contributed by atoms with Gasteiger partial charge in [-0.1, -0.05) is 43.2 Å². The predicted molar refractivity (Wildman–Crippen MR) is 111 cm³/mol. The number of piperidine rings is 1. The smallest absolute Gasteiger partial charge is 0.380 e. The van der Waals surface area contributed by atoms with Crippen LogP contribution in [-0.2, 0) is 6.18 Å². The molecule has 2 fully saturated rings. The molecule has 0 unspecified atom stereocenters. The van der Waals surface area contributed by atoms with Crippen molar-refractivity contribution < 1.29 is 17.6 Å². The van der Waals surface area contributed by atoms with Crippen LogP contribution >= 0.6 is 0 Å². The fraction of sp³-hybridized carbons (Fsp3) is 0.500. The molecule has 162 valence electrons. The van der Waals surface area contributed by atoms with Crippen LogP contribution < -0.4 is 5.32 Å². The second kappa shape index (κ2) is 8.96. The van der Waals surface area contributed by atoms with E-state index in [4.69, 9.17) is 0 Å². The van der Waals surface area contributed by atoms with Crippen molar-refractivity contribution in [3.63, 3.8) is 0 Å². The highest BCUT2D eigenvalue weighted by atomic mass is 19.4. The number of alkyl halides is 3. The average molecular weight is 420 g/mol. The zero-order chi connectivity index (χ0) is 21.1. The molecule has 1 heterocycles. The van der Waals surface area contributed by atoms with Gasteiger partial charge in [-0.3, -0.25) is 4.90 Å². The molecule has 4 rings (SSSR count). The number of halogens is 4. The molecule has 6 heteroatoms. The predicted octanol–water partition coefficient (Wildman–Crippen LogP) is 6.45. The standard InChI is InChI=1S/C24H28F4N2/c25-21-16-18(24(26,27)28)10-11-22(21)29-19-12-14-30(15-13-19)23-9-5-4-8-20(23)17-6-2-1-3-7-17/h1-3,6-7,10-11,16,19-20,23,29H,4-5,8-9,12-15H2/t20-,23-/m0/s1. The number of rotatable bonds is 4. The van der Waals surface area contributed by atoms with E-state index in [1.165, 1.54) is 37.3 Å². The second-order valence-electron chi connectivity index (χ2n) is 8.52. The minimum atomic E-state index is -4.53. The molecule has 0 amide bonds. The summed E-state index contributed by atoms with van der Waals surface area (Å²) in [7, 11) is 0. The summed E-state index contributed by atoms with van der Waals surface area (Å²) >= 11 is 0. The third-order valence-corrected chi connectivity index (χ3v) is 6.61. The van der Waals surface area contributed by atoms with E-state index in [1.807, 2.05) is 0 Å². The van der Waals surface area contributed by atoms with Gasteiger partial charge in [0.25, 0.3) is 0 Å². The summed E-state index contributed by atoms with van der Waals surface area (Å²) in [5, 5.41) is 3.13. The van der Waals surface area contributed by atoms with Gasteiger partial charge >= 0.3 is 6.18 Å². The second-order valence-corrected chi connectivity index (χ2v) is 8.52. The Labute approximate surface area is 175 Å². The van der Waals surface area contributed by atoms with Crippen molar-refractivity contribution in [3.8, 4) is 0 Å². The maximum atomic E-state index is 14.2. The summed E-state index contributed by atoms with van der Waals surface area (Å²) in [4.78, 5) is 2.57. The van der Waals surface area contributed by atoms with Gasteiger partial charge in [-0.25, -0.2) is 4.39 Å². The number of nitrogens with one attached hydrogen (secondary N) is 1. The van der Waals surface area contributed by atoms with Crippen molar-refractivity contribution in [2.24, 2.45) is 0 Å². The molecule has 2 atom stereocenters. The minimum absolute atomic E-state index is 0.0752. The summed E-state index contributed by atoms with van der Waals surface area (Å²) in [5.41, 5.74) is 0.611. The Morgan fingerprint density at radius 1 is 0.867 bits per heavy atom. The van der Waals surface area contributed by atoms with Gasteiger partial charge in [0, 0.05) is 25.2 Å². The molecule has 2 aromatic rings. The minimum Gasteiger partial charge on any atom is -0.380 e. The molecule has 0 aromatic heterocycles. The first-order valence-electron chi connectivity index (χ1n) is 10.8. The topological polar surface area (TPSA) is 15.3 Å². The Morgan fingerprint density at radius 3 is 2.23 bits per heavy atom. The lowest BCUT2D eigenvalue weighted by molar-refractivity contribution is -0.137. The van der Waals surface area contributed by atoms with E-state index >= 15 is 0 Å². The van der Waals surface area contributed by atoms with E-state index < -0.39 is 17.6 Å². The van der Waals surface area contributed by atoms with E-state index in [0.29, 0.717) is 18.0 Å². The molecule has 30 heavy (non-hydrogen) atoms. The number of hydrogen-bond acceptors (Lipinski definition) is 2. The quantitative estimate of drug-likeness (QED) is 0.572. The molecule has 0 spiro atoms. The van der Waals surface area contributed by atoms with E-state index in [1.54, 1.807) is 0 Å². The van der Waals surface area contributed by atoms with Gasteiger partial charge in [0.2, 0.25) is 0 Å². The molecular weight excluding hydrogens is 392 g/mol. The molecule has 1 saturated carbocycles. The molecule has 1 aliphatic carbocycles. The Bertz CT molecular complexity index is 829. The van der Waals surface area contributed by atoms with Gasteiger partial charge < -0.3 is 5.32 Å². The molecule has 2 nitrogen and oxygen atoms in total. The summed E-state index contributed by atoms with van der Waals surface area (Å²) in [6, 6.07) is 14.0. The monoisotopic (exact) mass is 420 g/mol. The maximum Gasteiger partial charge on any atom is 0.416 e. The van der Waals surface area contributed by atoms with Crippen molar-refractivity contribution in [2.45, 2.75) is 62.7 Å². The first kappa shape index (κ1) is 21.2. The van der Waals surface area contributed by atoms with E-state index in [0.717, 1.165) is 32.0 Å². The molecule has 1 N–H and O–H groups in total. The van der Waals surface area contributed by atoms with Crippen molar-refractivity contribution in [1.29, 1.82) is 0 Å². The van der Waals surface area contributed by atoms with E-state index in [2.05, 4.69) is 40.5 Å². The average Bonchev–Trinajstić information content (AvgIpc) is 2.76. The van der Waals surface area contributed by atoms with Gasteiger partial charge in [0.1, 0.15) is 5.82 Å². The third-order valence-electron chi connectivity index (χ3n) is 6.61. The van der Waals surface area contributed by atoms with Crippen LogP contribution in [0.5, 0.6) is 0 Å². The van der Waals surface area contributed by atoms with Crippen molar-refractivity contribution >= 4 is 5.69 Å². The summed E-state index contributed by atoms with van der Waals surface area (Å²) < 4.78 is 52.4. The fourth-order valence-electron chi connectivity index (χ4n) is 5.04. The molecule has 2 aromatic carbocycles. The maximum absolute atomic E-state index is 14.2. The van der Waals surface area contributed by atoms with E-state index in [9.17, 15) is 17.6 Å². The summed E-state index contributed by atoms with van der Waals surface area (Å²) in [5.74, 6) is -0.291. The van der Waals surface area contributed by atoms with Crippen LogP contribution in [0, 0.1) is 5.82 Å². The highest BCUT2D eigenvalue weighted by molar-refractivity contribution is 5.47. The third kappa shape index (κ3) is 4.80. The zero-order valence-electron chi connectivity index (χ0n) is 17.0. The van der Waals surface area contributed by atoms with Crippen molar-refractivity contribution in [1.82, 2.24) is 4.90 Å². The number of benzene rings is 2. The van der Waals surface area contributed by atoms with Crippen LogP contribution in [0.3, 0.4) is 0 Å². The Morgan fingerprint density at radius 2 is 1.57 bits per heavy atom. The molecule has 2 aliphatic rings. The number of likely N-dealkylation sites (tertiary alicyclic amines) is 1. The van der Waals surface area contributed by atoms with Crippen LogP contribution in [-0.4, -0.2) is 30.1 Å². The SMILES string of the molecule is Fc1cc(C(F)(F)F)ccc1NC1CCN([C@H]2CCCC[C@H]2c2ccccc2)CC1.